The van der Waals surface area contributed by atoms with Gasteiger partial charge in [0.15, 0.2) is 0 Å². The van der Waals surface area contributed by atoms with E-state index in [0.717, 1.165) is 0 Å². The molecule has 0 spiro atoms. The number of hydrogen-bond acceptors (Lipinski definition) is 8. The Morgan fingerprint density at radius 3 is 0.706 bits per heavy atom. The van der Waals surface area contributed by atoms with Crippen molar-refractivity contribution in [3.63, 3.8) is 0 Å². The van der Waals surface area contributed by atoms with Crippen molar-refractivity contribution in [2.75, 3.05) is 0 Å². The molecule has 0 saturated carbocycles. The first-order valence-electron chi connectivity index (χ1n) is 2.45. The summed E-state index contributed by atoms with van der Waals surface area (Å²) in [5.41, 5.74) is 0. The Bertz CT molecular complexity index is 149. The molecule has 82 valence electrons. The predicted molar refractivity (Wildman–Crippen MR) is 41.0 cm³/mol. The van der Waals surface area contributed by atoms with Gasteiger partial charge in [0.2, 0.25) is 0 Å². The van der Waals surface area contributed by atoms with Gasteiger partial charge in [-0.05, 0) is 0 Å². The molecule has 0 unspecified atom stereocenters. The zero-order valence-electron chi connectivity index (χ0n) is 8.30. The van der Waals surface area contributed by atoms with Gasteiger partial charge in [-0.1, -0.05) is 0 Å². The van der Waals surface area contributed by atoms with Crippen LogP contribution in [0, 0.1) is 0 Å². The van der Waals surface area contributed by atoms with Crippen molar-refractivity contribution in [2.24, 2.45) is 0 Å². The molecule has 0 aliphatic carbocycles. The molecule has 0 aliphatic heterocycles. The van der Waals surface area contributed by atoms with E-state index in [4.69, 9.17) is 39.7 Å². The third-order valence-electron chi connectivity index (χ3n) is 0.155. The van der Waals surface area contributed by atoms with Gasteiger partial charge >= 0.3 is 81.2 Å². The van der Waals surface area contributed by atoms with Crippen LogP contribution in [-0.4, -0.2) is 95.9 Å². The zero-order valence-corrected chi connectivity index (χ0v) is 12.5. The number of rotatable bonds is 1. The molecule has 0 bridgehead atoms. The molecule has 8 nitrogen and oxygen atoms in total. The molecule has 0 aromatic rings. The molecule has 0 saturated heterocycles. The monoisotopic (exact) mass is 284 g/mol. The second-order valence-electron chi connectivity index (χ2n) is 1.12. The average molecular weight is 285 g/mol. The van der Waals surface area contributed by atoms with Crippen molar-refractivity contribution in [1.29, 1.82) is 0 Å². The summed E-state index contributed by atoms with van der Waals surface area (Å²) in [5.74, 6) is 0. The van der Waals surface area contributed by atoms with Crippen LogP contribution in [-0.2, 0) is 9.59 Å². The maximum atomic E-state index is 10.5. The summed E-state index contributed by atoms with van der Waals surface area (Å²) < 4.78 is 20.9. The van der Waals surface area contributed by atoms with E-state index in [-0.39, 0.29) is 69.2 Å². The molecule has 17 heavy (non-hydrogen) atoms. The number of carbonyl (C=O) groups excluding carboxylic acids is 2. The summed E-state index contributed by atoms with van der Waals surface area (Å²) in [5, 5.41) is 50.5. The Morgan fingerprint density at radius 2 is 0.706 bits per heavy atom. The fourth-order valence-electron chi connectivity index (χ4n) is 0. The van der Waals surface area contributed by atoms with Crippen LogP contribution < -0.4 is 30.1 Å². The van der Waals surface area contributed by atoms with E-state index < -0.39 is 26.7 Å². The number of hydrogen-bond donors (Lipinski definition) is 0. The normalized spacial score (nSPS) is 5.88. The summed E-state index contributed by atoms with van der Waals surface area (Å²) in [6.45, 7) is 0. The topological polar surface area (TPSA) is 172 Å². The van der Waals surface area contributed by atoms with E-state index in [1.54, 1.807) is 0 Å². The van der Waals surface area contributed by atoms with Crippen molar-refractivity contribution in [2.45, 2.75) is 0 Å². The molecule has 0 atom stereocenters. The summed E-state index contributed by atoms with van der Waals surface area (Å²) in [4.78, 5) is 17.5. The molecule has 0 rings (SSSR count). The quantitative estimate of drug-likeness (QED) is 0.259. The number of halogens is 2. The molecule has 0 N–H and O–H groups in total. The SMILES string of the molecule is O=C(F)C(=O)F.[Mg+2].[Mg+2].[Mg+2].[O-]B([O-])[O-].[O-]B([O-])[O-]. The molecular weight excluding hydrogens is 285 g/mol. The third kappa shape index (κ3) is 142. The summed E-state index contributed by atoms with van der Waals surface area (Å²) >= 11 is 0. The second kappa shape index (κ2) is 26.1. The van der Waals surface area contributed by atoms with Crippen LogP contribution in [0.4, 0.5) is 8.78 Å². The maximum absolute atomic E-state index is 10.5. The minimum Gasteiger partial charge on any atom is -0.907 e. The molecule has 0 radical (unpaired) electrons. The standard InChI is InChI=1S/C2F2O2.2BO3.3Mg/c3-1(5)2(4)6;2*2-1(3)4;;;/q;2*-3;3*+2. The third-order valence-corrected chi connectivity index (χ3v) is 0.155. The summed E-state index contributed by atoms with van der Waals surface area (Å²) in [7, 11) is -5.83. The van der Waals surface area contributed by atoms with Crippen molar-refractivity contribution >= 4 is 95.9 Å². The Hall–Kier alpha value is 1.39. The minimum atomic E-state index is -2.92. The van der Waals surface area contributed by atoms with E-state index in [1.807, 2.05) is 0 Å². The van der Waals surface area contributed by atoms with E-state index in [2.05, 4.69) is 0 Å². The molecule has 0 heterocycles. The number of carbonyl (C=O) groups is 2. The van der Waals surface area contributed by atoms with Crippen LogP contribution >= 0.6 is 0 Å². The van der Waals surface area contributed by atoms with E-state index in [1.165, 1.54) is 0 Å². The van der Waals surface area contributed by atoms with Gasteiger partial charge in [0.25, 0.3) is 0 Å². The van der Waals surface area contributed by atoms with E-state index >= 15 is 0 Å². The molecule has 0 fully saturated rings. The Kier molecular flexibility index (Phi) is 55.5. The Morgan fingerprint density at radius 1 is 0.647 bits per heavy atom. The maximum Gasteiger partial charge on any atom is 2.00 e. The Labute approximate surface area is 143 Å². The van der Waals surface area contributed by atoms with Gasteiger partial charge in [-0.2, -0.15) is 8.78 Å². The van der Waals surface area contributed by atoms with Gasteiger partial charge < -0.3 is 30.1 Å². The summed E-state index contributed by atoms with van der Waals surface area (Å²) in [6.07, 6.45) is 0. The molecular formula is C2B2F2Mg3O8. The minimum absolute atomic E-state index is 0. The summed E-state index contributed by atoms with van der Waals surface area (Å²) in [6, 6.07) is -5.09. The van der Waals surface area contributed by atoms with Gasteiger partial charge in [0.05, 0.1) is 0 Å². The van der Waals surface area contributed by atoms with Gasteiger partial charge in [-0.25, -0.2) is 9.59 Å². The molecule has 0 amide bonds. The van der Waals surface area contributed by atoms with Gasteiger partial charge in [-0.15, -0.1) is 0 Å². The first-order chi connectivity index (χ1) is 6.11. The van der Waals surface area contributed by atoms with Crippen LogP contribution in [0.1, 0.15) is 0 Å². The fraction of sp³-hybridized carbons (Fsp3) is 0. The first kappa shape index (κ1) is 36.2. The first-order valence-corrected chi connectivity index (χ1v) is 2.45. The van der Waals surface area contributed by atoms with Gasteiger partial charge in [-0.3, -0.25) is 14.6 Å². The van der Waals surface area contributed by atoms with E-state index in [0.29, 0.717) is 0 Å². The van der Waals surface area contributed by atoms with Crippen molar-refractivity contribution in [3.8, 4) is 0 Å². The van der Waals surface area contributed by atoms with Crippen molar-refractivity contribution < 1.29 is 48.5 Å². The second-order valence-corrected chi connectivity index (χ2v) is 1.12. The molecule has 0 aromatic carbocycles. The van der Waals surface area contributed by atoms with Crippen LogP contribution in [0.3, 0.4) is 0 Å². The van der Waals surface area contributed by atoms with Gasteiger partial charge in [0, 0.05) is 0 Å². The van der Waals surface area contributed by atoms with Crippen LogP contribution in [0.25, 0.3) is 0 Å². The van der Waals surface area contributed by atoms with Crippen LogP contribution in [0.2, 0.25) is 0 Å². The van der Waals surface area contributed by atoms with Crippen LogP contribution in [0.15, 0.2) is 0 Å². The van der Waals surface area contributed by atoms with Crippen LogP contribution in [0.5, 0.6) is 0 Å². The largest absolute Gasteiger partial charge is 2.00 e. The average Bonchev–Trinajstić information content (AvgIpc) is 1.83. The van der Waals surface area contributed by atoms with Crippen molar-refractivity contribution in [3.05, 3.63) is 0 Å². The fourth-order valence-corrected chi connectivity index (χ4v) is 0. The Balaban J connectivity index is -0.0000000252. The predicted octanol–water partition coefficient (Wildman–Crippen LogP) is -9.06. The van der Waals surface area contributed by atoms with E-state index in [9.17, 15) is 8.78 Å². The smallest absolute Gasteiger partial charge is 0.907 e. The molecule has 0 aromatic heterocycles. The zero-order chi connectivity index (χ0) is 12.3. The van der Waals surface area contributed by atoms with Gasteiger partial charge in [0.1, 0.15) is 0 Å². The molecule has 15 heteroatoms. The van der Waals surface area contributed by atoms with Crippen molar-refractivity contribution in [1.82, 2.24) is 0 Å². The molecule has 0 aliphatic rings.